The summed E-state index contributed by atoms with van der Waals surface area (Å²) in [6.07, 6.45) is 0.989. The third-order valence-electron chi connectivity index (χ3n) is 3.05. The number of amides is 1. The minimum Gasteiger partial charge on any atom is -0.349 e. The van der Waals surface area contributed by atoms with E-state index in [1.807, 2.05) is 37.3 Å². The van der Waals surface area contributed by atoms with Crippen LogP contribution in [0.2, 0.25) is 0 Å². The van der Waals surface area contributed by atoms with Gasteiger partial charge in [0.1, 0.15) is 0 Å². The summed E-state index contributed by atoms with van der Waals surface area (Å²) in [5, 5.41) is 3.03. The quantitative estimate of drug-likeness (QED) is 0.826. The number of halogens is 1. The lowest BCUT2D eigenvalue weighted by Crippen LogP contribution is -2.36. The van der Waals surface area contributed by atoms with Gasteiger partial charge in [0.2, 0.25) is 5.91 Å². The molecule has 0 aliphatic carbocycles. The smallest absolute Gasteiger partial charge is 0.234 e. The van der Waals surface area contributed by atoms with Crippen LogP contribution in [0.3, 0.4) is 0 Å². The zero-order valence-electron chi connectivity index (χ0n) is 10.6. The van der Waals surface area contributed by atoms with Crippen LogP contribution in [0, 0.1) is 5.92 Å². The first kappa shape index (κ1) is 14.2. The average molecular weight is 298 g/mol. The molecule has 0 heterocycles. The van der Waals surface area contributed by atoms with E-state index in [2.05, 4.69) is 35.1 Å². The Hall–Kier alpha value is -0.830. The number of nitrogens with one attached hydrogen (secondary N) is 1. The highest BCUT2D eigenvalue weighted by Gasteiger charge is 2.22. The first-order valence-electron chi connectivity index (χ1n) is 6.05. The number of carbonyl (C=O) groups excluding carboxylic acids is 1. The van der Waals surface area contributed by atoms with Crippen molar-refractivity contribution in [2.45, 2.75) is 38.1 Å². The molecule has 1 aromatic carbocycles. The highest BCUT2D eigenvalue weighted by Crippen LogP contribution is 2.18. The van der Waals surface area contributed by atoms with E-state index in [0.29, 0.717) is 5.92 Å². The fourth-order valence-corrected chi connectivity index (χ4v) is 2.09. The molecule has 2 nitrogen and oxygen atoms in total. The third kappa shape index (κ3) is 4.15. The molecule has 3 unspecified atom stereocenters. The normalized spacial score (nSPS) is 16.0. The molecule has 3 heteroatoms. The predicted octanol–water partition coefficient (Wildman–Crippen LogP) is 3.67. The van der Waals surface area contributed by atoms with Gasteiger partial charge in [-0.25, -0.2) is 0 Å². The Morgan fingerprint density at radius 2 is 1.88 bits per heavy atom. The van der Waals surface area contributed by atoms with Gasteiger partial charge in [-0.15, -0.1) is 0 Å². The maximum atomic E-state index is 12.0. The van der Waals surface area contributed by atoms with Gasteiger partial charge in [0.15, 0.2) is 0 Å². The topological polar surface area (TPSA) is 29.1 Å². The third-order valence-corrected chi connectivity index (χ3v) is 4.37. The number of benzene rings is 1. The van der Waals surface area contributed by atoms with Crippen molar-refractivity contribution in [2.24, 2.45) is 5.92 Å². The van der Waals surface area contributed by atoms with E-state index in [1.54, 1.807) is 0 Å². The van der Waals surface area contributed by atoms with Crippen molar-refractivity contribution in [1.82, 2.24) is 5.32 Å². The van der Waals surface area contributed by atoms with Crippen LogP contribution < -0.4 is 5.32 Å². The Balaban J connectivity index is 2.57. The van der Waals surface area contributed by atoms with Gasteiger partial charge < -0.3 is 5.32 Å². The molecule has 94 valence electrons. The van der Waals surface area contributed by atoms with Crippen LogP contribution in [0.1, 0.15) is 38.8 Å². The van der Waals surface area contributed by atoms with Crippen LogP contribution in [0.5, 0.6) is 0 Å². The summed E-state index contributed by atoms with van der Waals surface area (Å²) in [5.41, 5.74) is 1.13. The Morgan fingerprint density at radius 1 is 1.29 bits per heavy atom. The Bertz CT molecular complexity index is 352. The molecule has 0 spiro atoms. The largest absolute Gasteiger partial charge is 0.349 e. The Labute approximate surface area is 112 Å². The number of alkyl halides is 1. The van der Waals surface area contributed by atoms with E-state index in [-0.39, 0.29) is 16.8 Å². The number of rotatable bonds is 5. The highest BCUT2D eigenvalue weighted by atomic mass is 79.9. The lowest BCUT2D eigenvalue weighted by molar-refractivity contribution is -0.121. The zero-order valence-corrected chi connectivity index (χ0v) is 12.2. The molecule has 0 aliphatic heterocycles. The van der Waals surface area contributed by atoms with Crippen molar-refractivity contribution in [2.75, 3.05) is 0 Å². The van der Waals surface area contributed by atoms with Crippen molar-refractivity contribution in [3.05, 3.63) is 35.9 Å². The van der Waals surface area contributed by atoms with Crippen molar-refractivity contribution in [1.29, 1.82) is 0 Å². The molecule has 1 amide bonds. The molecule has 17 heavy (non-hydrogen) atoms. The predicted molar refractivity (Wildman–Crippen MR) is 75.2 cm³/mol. The van der Waals surface area contributed by atoms with Gasteiger partial charge in [0.25, 0.3) is 0 Å². The number of hydrogen-bond acceptors (Lipinski definition) is 1. The van der Waals surface area contributed by atoms with Crippen LogP contribution >= 0.6 is 15.9 Å². The summed E-state index contributed by atoms with van der Waals surface area (Å²) >= 11 is 3.46. The molecule has 1 aromatic rings. The lowest BCUT2D eigenvalue weighted by atomic mass is 10.0. The van der Waals surface area contributed by atoms with Crippen LogP contribution in [-0.2, 0) is 4.79 Å². The molecule has 3 atom stereocenters. The van der Waals surface area contributed by atoms with Crippen molar-refractivity contribution < 1.29 is 4.79 Å². The summed E-state index contributed by atoms with van der Waals surface area (Å²) in [4.78, 5) is 11.9. The fourth-order valence-electron chi connectivity index (χ4n) is 1.58. The molecule has 0 radical (unpaired) electrons. The van der Waals surface area contributed by atoms with Gasteiger partial charge >= 0.3 is 0 Å². The average Bonchev–Trinajstić information content (AvgIpc) is 2.37. The molecular weight excluding hydrogens is 278 g/mol. The monoisotopic (exact) mass is 297 g/mol. The number of hydrogen-bond donors (Lipinski definition) is 1. The van der Waals surface area contributed by atoms with Gasteiger partial charge in [0.05, 0.1) is 10.9 Å². The standard InChI is InChI=1S/C14H20BrNO/c1-4-10(2)13(15)14(17)16-11(3)12-8-6-5-7-9-12/h5-11,13H,4H2,1-3H3,(H,16,17). The summed E-state index contributed by atoms with van der Waals surface area (Å²) in [6.45, 7) is 6.17. The lowest BCUT2D eigenvalue weighted by Gasteiger charge is -2.20. The summed E-state index contributed by atoms with van der Waals surface area (Å²) < 4.78 is 0. The van der Waals surface area contributed by atoms with Crippen molar-refractivity contribution in [3.63, 3.8) is 0 Å². The second kappa shape index (κ2) is 6.80. The van der Waals surface area contributed by atoms with Gasteiger partial charge in [-0.2, -0.15) is 0 Å². The molecule has 0 saturated heterocycles. The van der Waals surface area contributed by atoms with Gasteiger partial charge in [-0.05, 0) is 18.4 Å². The fraction of sp³-hybridized carbons (Fsp3) is 0.500. The van der Waals surface area contributed by atoms with Gasteiger partial charge in [0, 0.05) is 0 Å². The van der Waals surface area contributed by atoms with E-state index in [9.17, 15) is 4.79 Å². The molecule has 0 aromatic heterocycles. The number of carbonyl (C=O) groups is 1. The summed E-state index contributed by atoms with van der Waals surface area (Å²) in [5.74, 6) is 0.411. The summed E-state index contributed by atoms with van der Waals surface area (Å²) in [6, 6.07) is 10.0. The molecule has 1 rings (SSSR count). The van der Waals surface area contributed by atoms with Crippen LogP contribution in [0.15, 0.2) is 30.3 Å². The van der Waals surface area contributed by atoms with Crippen LogP contribution in [0.4, 0.5) is 0 Å². The van der Waals surface area contributed by atoms with Crippen LogP contribution in [-0.4, -0.2) is 10.7 Å². The minimum absolute atomic E-state index is 0.0489. The zero-order chi connectivity index (χ0) is 12.8. The second-order valence-electron chi connectivity index (χ2n) is 4.43. The van der Waals surface area contributed by atoms with Gasteiger partial charge in [-0.1, -0.05) is 66.5 Å². The van der Waals surface area contributed by atoms with E-state index in [1.165, 1.54) is 0 Å². The molecule has 0 aliphatic rings. The van der Waals surface area contributed by atoms with Crippen molar-refractivity contribution in [3.8, 4) is 0 Å². The van der Waals surface area contributed by atoms with Crippen molar-refractivity contribution >= 4 is 21.8 Å². The highest BCUT2D eigenvalue weighted by molar-refractivity contribution is 9.10. The molecule has 0 fully saturated rings. The maximum absolute atomic E-state index is 12.0. The molecule has 0 bridgehead atoms. The Kier molecular flexibility index (Phi) is 5.69. The maximum Gasteiger partial charge on any atom is 0.234 e. The molecular formula is C14H20BrNO. The minimum atomic E-state index is -0.112. The van der Waals surface area contributed by atoms with Gasteiger partial charge in [-0.3, -0.25) is 4.79 Å². The molecule has 0 saturated carbocycles. The van der Waals surface area contributed by atoms with E-state index >= 15 is 0 Å². The first-order chi connectivity index (χ1) is 8.06. The van der Waals surface area contributed by atoms with Crippen LogP contribution in [0.25, 0.3) is 0 Å². The molecule has 1 N–H and O–H groups in total. The van der Waals surface area contributed by atoms with E-state index in [4.69, 9.17) is 0 Å². The second-order valence-corrected chi connectivity index (χ2v) is 5.41. The van der Waals surface area contributed by atoms with E-state index in [0.717, 1.165) is 12.0 Å². The Morgan fingerprint density at radius 3 is 2.41 bits per heavy atom. The SMILES string of the molecule is CCC(C)C(Br)C(=O)NC(C)c1ccccc1. The van der Waals surface area contributed by atoms with E-state index < -0.39 is 0 Å². The summed E-state index contributed by atoms with van der Waals surface area (Å²) in [7, 11) is 0. The first-order valence-corrected chi connectivity index (χ1v) is 6.97.